The second kappa shape index (κ2) is 5.10. The van der Waals surface area contributed by atoms with Crippen molar-refractivity contribution < 1.29 is 0 Å². The number of rotatable bonds is 3. The summed E-state index contributed by atoms with van der Waals surface area (Å²) in [6.07, 6.45) is 6.53. The van der Waals surface area contributed by atoms with Crippen LogP contribution in [0.3, 0.4) is 0 Å². The van der Waals surface area contributed by atoms with Crippen molar-refractivity contribution in [2.24, 2.45) is 0 Å². The van der Waals surface area contributed by atoms with Crippen LogP contribution in [0.1, 0.15) is 30.2 Å². The summed E-state index contributed by atoms with van der Waals surface area (Å²) in [7, 11) is 0. The van der Waals surface area contributed by atoms with Crippen LogP contribution in [0.5, 0.6) is 0 Å². The molecule has 3 aromatic rings. The Morgan fingerprint density at radius 3 is 3.14 bits per heavy atom. The van der Waals surface area contributed by atoms with Gasteiger partial charge in [-0.15, -0.1) is 11.3 Å². The molecule has 6 heteroatoms. The van der Waals surface area contributed by atoms with Gasteiger partial charge in [0.2, 0.25) is 0 Å². The lowest BCUT2D eigenvalue weighted by atomic mass is 9.97. The summed E-state index contributed by atoms with van der Waals surface area (Å²) in [5.74, 6) is 0.860. The first-order valence-corrected chi connectivity index (χ1v) is 8.95. The largest absolute Gasteiger partial charge is 0.214 e. The molecule has 0 aromatic carbocycles. The average Bonchev–Trinajstić information content (AvgIpc) is 3.07. The van der Waals surface area contributed by atoms with Gasteiger partial charge in [0.15, 0.2) is 10.8 Å². The minimum atomic E-state index is 0.860. The van der Waals surface area contributed by atoms with E-state index < -0.39 is 0 Å². The van der Waals surface area contributed by atoms with E-state index in [4.69, 9.17) is 4.98 Å². The number of thiophene rings is 1. The smallest absolute Gasteiger partial charge is 0.192 e. The molecule has 0 spiro atoms. The number of hydrogen-bond acceptors (Lipinski definition) is 5. The van der Waals surface area contributed by atoms with Crippen molar-refractivity contribution in [3.63, 3.8) is 0 Å². The molecule has 0 bridgehead atoms. The lowest BCUT2D eigenvalue weighted by Crippen LogP contribution is -2.01. The maximum absolute atomic E-state index is 4.85. The number of thioether (sulfide) groups is 1. The van der Waals surface area contributed by atoms with E-state index in [1.807, 2.05) is 22.8 Å². The van der Waals surface area contributed by atoms with Crippen LogP contribution in [0.4, 0.5) is 0 Å². The lowest BCUT2D eigenvalue weighted by Gasteiger charge is -2.10. The second-order valence-electron chi connectivity index (χ2n) is 5.53. The predicted molar refractivity (Wildman–Crippen MR) is 88.3 cm³/mol. The fourth-order valence-electron chi connectivity index (χ4n) is 2.83. The maximum atomic E-state index is 4.85. The summed E-state index contributed by atoms with van der Waals surface area (Å²) >= 11 is 3.52. The minimum Gasteiger partial charge on any atom is -0.214 e. The molecule has 0 saturated heterocycles. The first-order valence-electron chi connectivity index (χ1n) is 7.15. The molecule has 108 valence electrons. The molecule has 1 aliphatic rings. The first-order chi connectivity index (χ1) is 10.2. The third kappa shape index (κ3) is 2.17. The van der Waals surface area contributed by atoms with Crippen LogP contribution in [0.2, 0.25) is 0 Å². The van der Waals surface area contributed by atoms with Crippen molar-refractivity contribution in [2.45, 2.75) is 37.8 Å². The SMILES string of the molecule is C=C(C)CSc1nc2sc3c(c2c2ncnn12)CCCC3. The lowest BCUT2D eigenvalue weighted by molar-refractivity contribution is 0.700. The van der Waals surface area contributed by atoms with Gasteiger partial charge in [0.1, 0.15) is 11.2 Å². The summed E-state index contributed by atoms with van der Waals surface area (Å²) in [6, 6.07) is 0. The van der Waals surface area contributed by atoms with E-state index in [1.54, 1.807) is 18.1 Å². The van der Waals surface area contributed by atoms with E-state index in [0.29, 0.717) is 0 Å². The van der Waals surface area contributed by atoms with Crippen molar-refractivity contribution in [1.29, 1.82) is 0 Å². The zero-order valence-corrected chi connectivity index (χ0v) is 13.6. The van der Waals surface area contributed by atoms with E-state index >= 15 is 0 Å². The van der Waals surface area contributed by atoms with Gasteiger partial charge < -0.3 is 0 Å². The molecular formula is C15H16N4S2. The van der Waals surface area contributed by atoms with Gasteiger partial charge in [-0.25, -0.2) is 9.97 Å². The van der Waals surface area contributed by atoms with Crippen LogP contribution < -0.4 is 0 Å². The number of aromatic nitrogens is 4. The van der Waals surface area contributed by atoms with E-state index in [-0.39, 0.29) is 0 Å². The van der Waals surface area contributed by atoms with E-state index in [2.05, 4.69) is 16.7 Å². The number of nitrogens with zero attached hydrogens (tertiary/aromatic N) is 4. The zero-order chi connectivity index (χ0) is 14.4. The molecule has 0 aliphatic heterocycles. The molecule has 1 aliphatic carbocycles. The van der Waals surface area contributed by atoms with Gasteiger partial charge in [0.05, 0.1) is 5.39 Å². The van der Waals surface area contributed by atoms with Crippen molar-refractivity contribution in [1.82, 2.24) is 19.6 Å². The Morgan fingerprint density at radius 2 is 2.29 bits per heavy atom. The van der Waals surface area contributed by atoms with Gasteiger partial charge in [0, 0.05) is 10.6 Å². The molecule has 0 fully saturated rings. The quantitative estimate of drug-likeness (QED) is 0.418. The molecule has 0 saturated carbocycles. The van der Waals surface area contributed by atoms with Gasteiger partial charge in [-0.3, -0.25) is 0 Å². The summed E-state index contributed by atoms with van der Waals surface area (Å²) in [5, 5.41) is 6.51. The first kappa shape index (κ1) is 13.3. The number of hydrogen-bond donors (Lipinski definition) is 0. The summed E-state index contributed by atoms with van der Waals surface area (Å²) in [4.78, 5) is 12.0. The molecule has 0 unspecified atom stereocenters. The Balaban J connectivity index is 1.95. The highest BCUT2D eigenvalue weighted by Gasteiger charge is 2.21. The minimum absolute atomic E-state index is 0.860. The normalized spacial score (nSPS) is 14.7. The van der Waals surface area contributed by atoms with Crippen LogP contribution in [-0.2, 0) is 12.8 Å². The average molecular weight is 316 g/mol. The van der Waals surface area contributed by atoms with Crippen LogP contribution in [-0.4, -0.2) is 25.3 Å². The van der Waals surface area contributed by atoms with Gasteiger partial charge in [-0.05, 0) is 38.2 Å². The van der Waals surface area contributed by atoms with Crippen LogP contribution >= 0.6 is 23.1 Å². The van der Waals surface area contributed by atoms with Gasteiger partial charge in [0.25, 0.3) is 0 Å². The van der Waals surface area contributed by atoms with Crippen LogP contribution in [0, 0.1) is 0 Å². The number of aryl methyl sites for hydroxylation is 2. The fourth-order valence-corrected chi connectivity index (χ4v) is 4.93. The molecule has 0 amide bonds. The Bertz CT molecular complexity index is 846. The van der Waals surface area contributed by atoms with Gasteiger partial charge in [-0.2, -0.15) is 9.61 Å². The van der Waals surface area contributed by atoms with Gasteiger partial charge in [-0.1, -0.05) is 23.9 Å². The Morgan fingerprint density at radius 1 is 1.43 bits per heavy atom. The topological polar surface area (TPSA) is 43.1 Å². The predicted octanol–water partition coefficient (Wildman–Crippen LogP) is 3.89. The van der Waals surface area contributed by atoms with E-state index in [0.717, 1.165) is 33.4 Å². The molecule has 0 radical (unpaired) electrons. The molecule has 3 heterocycles. The van der Waals surface area contributed by atoms with Crippen molar-refractivity contribution >= 4 is 39.0 Å². The Labute approximate surface area is 131 Å². The van der Waals surface area contributed by atoms with E-state index in [9.17, 15) is 0 Å². The molecule has 4 nitrogen and oxygen atoms in total. The fraction of sp³-hybridized carbons (Fsp3) is 0.400. The second-order valence-corrected chi connectivity index (χ2v) is 7.55. The highest BCUT2D eigenvalue weighted by atomic mass is 32.2. The third-order valence-corrected chi connectivity index (χ3v) is 6.10. The summed E-state index contributed by atoms with van der Waals surface area (Å²) < 4.78 is 1.89. The summed E-state index contributed by atoms with van der Waals surface area (Å²) in [5.41, 5.74) is 3.56. The van der Waals surface area contributed by atoms with Crippen molar-refractivity contribution in [3.8, 4) is 0 Å². The molecule has 0 N–H and O–H groups in total. The van der Waals surface area contributed by atoms with E-state index in [1.165, 1.54) is 35.1 Å². The van der Waals surface area contributed by atoms with Crippen molar-refractivity contribution in [2.75, 3.05) is 5.75 Å². The molecule has 0 atom stereocenters. The highest BCUT2D eigenvalue weighted by molar-refractivity contribution is 7.99. The molecule has 21 heavy (non-hydrogen) atoms. The maximum Gasteiger partial charge on any atom is 0.192 e. The Hall–Kier alpha value is -1.40. The number of fused-ring (bicyclic) bond motifs is 5. The van der Waals surface area contributed by atoms with Crippen LogP contribution in [0.15, 0.2) is 23.6 Å². The molecule has 3 aromatic heterocycles. The van der Waals surface area contributed by atoms with Crippen LogP contribution in [0.25, 0.3) is 15.9 Å². The molecular weight excluding hydrogens is 300 g/mol. The Kier molecular flexibility index (Phi) is 3.23. The zero-order valence-electron chi connectivity index (χ0n) is 11.9. The third-order valence-electron chi connectivity index (χ3n) is 3.75. The monoisotopic (exact) mass is 316 g/mol. The standard InChI is InChI=1S/C15H16N4S2/c1-9(2)7-20-15-18-14-12(13-16-8-17-19(13)15)10-5-3-4-6-11(10)21-14/h8H,1,3-7H2,2H3. The summed E-state index contributed by atoms with van der Waals surface area (Å²) in [6.45, 7) is 6.00. The van der Waals surface area contributed by atoms with Gasteiger partial charge >= 0.3 is 0 Å². The van der Waals surface area contributed by atoms with Crippen molar-refractivity contribution in [3.05, 3.63) is 28.9 Å². The molecule has 4 rings (SSSR count). The highest BCUT2D eigenvalue weighted by Crippen LogP contribution is 2.38.